The third-order valence-corrected chi connectivity index (χ3v) is 4.68. The first kappa shape index (κ1) is 18.1. The summed E-state index contributed by atoms with van der Waals surface area (Å²) in [5, 5.41) is 0.550. The van der Waals surface area contributed by atoms with E-state index in [1.807, 2.05) is 24.8 Å². The van der Waals surface area contributed by atoms with Crippen LogP contribution in [0.2, 0.25) is 0 Å². The maximum atomic E-state index is 12.4. The van der Waals surface area contributed by atoms with Gasteiger partial charge in [0.1, 0.15) is 5.82 Å². The molecule has 1 aromatic heterocycles. The Morgan fingerprint density at radius 3 is 2.46 bits per heavy atom. The molecule has 1 saturated heterocycles. The number of nitrogens with one attached hydrogen (secondary N) is 1. The molecule has 0 saturated carbocycles. The molecule has 0 atom stereocenters. The van der Waals surface area contributed by atoms with Crippen LogP contribution in [-0.2, 0) is 16.0 Å². The number of carbonyl (C=O) groups excluding carboxylic acids is 2. The molecule has 1 fully saturated rings. The van der Waals surface area contributed by atoms with Crippen LogP contribution in [0.3, 0.4) is 0 Å². The van der Waals surface area contributed by atoms with Crippen LogP contribution in [0.15, 0.2) is 29.1 Å². The van der Waals surface area contributed by atoms with E-state index in [4.69, 9.17) is 0 Å². The minimum Gasteiger partial charge on any atom is -0.339 e. The number of hydrogen-bond donors (Lipinski definition) is 1. The smallest absolute Gasteiger partial charge is 0.258 e. The Morgan fingerprint density at radius 1 is 1.12 bits per heavy atom. The molecule has 1 aliphatic rings. The summed E-state index contributed by atoms with van der Waals surface area (Å²) in [7, 11) is 0. The van der Waals surface area contributed by atoms with Crippen LogP contribution in [0.1, 0.15) is 26.1 Å². The number of piperazine rings is 1. The van der Waals surface area contributed by atoms with Gasteiger partial charge in [-0.25, -0.2) is 4.98 Å². The molecule has 138 valence electrons. The largest absolute Gasteiger partial charge is 0.339 e. The molecular weight excluding hydrogens is 332 g/mol. The van der Waals surface area contributed by atoms with Crippen LogP contribution in [0.25, 0.3) is 10.9 Å². The number of amides is 2. The summed E-state index contributed by atoms with van der Waals surface area (Å²) in [6, 6.07) is 7.16. The maximum Gasteiger partial charge on any atom is 0.258 e. The van der Waals surface area contributed by atoms with Crippen molar-refractivity contribution in [3.8, 4) is 0 Å². The van der Waals surface area contributed by atoms with E-state index in [0.717, 1.165) is 0 Å². The van der Waals surface area contributed by atoms with Crippen molar-refractivity contribution in [2.75, 3.05) is 26.2 Å². The van der Waals surface area contributed by atoms with Gasteiger partial charge in [0.2, 0.25) is 11.8 Å². The Bertz CT molecular complexity index is 866. The van der Waals surface area contributed by atoms with Gasteiger partial charge < -0.3 is 14.8 Å². The fourth-order valence-corrected chi connectivity index (χ4v) is 3.18. The average Bonchev–Trinajstić information content (AvgIpc) is 2.65. The van der Waals surface area contributed by atoms with Crippen molar-refractivity contribution in [1.29, 1.82) is 0 Å². The number of para-hydroxylation sites is 1. The number of aromatic amines is 1. The van der Waals surface area contributed by atoms with Gasteiger partial charge in [0.15, 0.2) is 0 Å². The number of fused-ring (bicyclic) bond motifs is 1. The number of aryl methyl sites for hydroxylation is 1. The van der Waals surface area contributed by atoms with Crippen LogP contribution in [0, 0.1) is 5.92 Å². The summed E-state index contributed by atoms with van der Waals surface area (Å²) in [4.78, 5) is 47.3. The number of carbonyl (C=O) groups is 2. The van der Waals surface area contributed by atoms with Crippen LogP contribution in [-0.4, -0.2) is 57.8 Å². The zero-order chi connectivity index (χ0) is 18.7. The lowest BCUT2D eigenvalue weighted by Gasteiger charge is -2.35. The van der Waals surface area contributed by atoms with E-state index >= 15 is 0 Å². The molecular formula is C19H24N4O3. The first-order valence-electron chi connectivity index (χ1n) is 9.00. The van der Waals surface area contributed by atoms with Gasteiger partial charge in [-0.2, -0.15) is 0 Å². The van der Waals surface area contributed by atoms with Crippen molar-refractivity contribution in [3.63, 3.8) is 0 Å². The molecule has 2 aromatic rings. The van der Waals surface area contributed by atoms with Gasteiger partial charge >= 0.3 is 0 Å². The van der Waals surface area contributed by atoms with E-state index in [-0.39, 0.29) is 23.3 Å². The van der Waals surface area contributed by atoms with Crippen molar-refractivity contribution in [3.05, 3.63) is 40.4 Å². The molecule has 0 spiro atoms. The second-order valence-electron chi connectivity index (χ2n) is 6.89. The normalized spacial score (nSPS) is 14.9. The summed E-state index contributed by atoms with van der Waals surface area (Å²) in [6.07, 6.45) is 0.684. The Kier molecular flexibility index (Phi) is 5.35. The van der Waals surface area contributed by atoms with E-state index in [2.05, 4.69) is 9.97 Å². The predicted molar refractivity (Wildman–Crippen MR) is 98.7 cm³/mol. The molecule has 2 heterocycles. The number of hydrogen-bond acceptors (Lipinski definition) is 4. The third kappa shape index (κ3) is 3.92. The quantitative estimate of drug-likeness (QED) is 0.891. The molecule has 1 aliphatic heterocycles. The van der Waals surface area contributed by atoms with Gasteiger partial charge in [-0.15, -0.1) is 0 Å². The van der Waals surface area contributed by atoms with Crippen molar-refractivity contribution in [2.24, 2.45) is 5.92 Å². The molecule has 3 rings (SSSR count). The third-order valence-electron chi connectivity index (χ3n) is 4.68. The first-order valence-corrected chi connectivity index (χ1v) is 9.00. The highest BCUT2D eigenvalue weighted by Gasteiger charge is 2.25. The molecule has 26 heavy (non-hydrogen) atoms. The monoisotopic (exact) mass is 356 g/mol. The summed E-state index contributed by atoms with van der Waals surface area (Å²) >= 11 is 0. The van der Waals surface area contributed by atoms with Crippen molar-refractivity contribution >= 4 is 22.7 Å². The summed E-state index contributed by atoms with van der Waals surface area (Å²) in [5.41, 5.74) is 0.457. The molecule has 1 aromatic carbocycles. The van der Waals surface area contributed by atoms with Crippen molar-refractivity contribution in [1.82, 2.24) is 19.8 Å². The Labute approximate surface area is 152 Å². The van der Waals surface area contributed by atoms with Crippen LogP contribution in [0.4, 0.5) is 0 Å². The molecule has 0 unspecified atom stereocenters. The minimum absolute atomic E-state index is 0.0203. The topological polar surface area (TPSA) is 86.4 Å². The van der Waals surface area contributed by atoms with Crippen molar-refractivity contribution in [2.45, 2.75) is 26.7 Å². The number of nitrogens with zero attached hydrogens (tertiary/aromatic N) is 3. The summed E-state index contributed by atoms with van der Waals surface area (Å²) < 4.78 is 0. The highest BCUT2D eigenvalue weighted by molar-refractivity contribution is 5.80. The second kappa shape index (κ2) is 7.68. The van der Waals surface area contributed by atoms with Crippen LogP contribution >= 0.6 is 0 Å². The average molecular weight is 356 g/mol. The Hall–Kier alpha value is -2.70. The zero-order valence-electron chi connectivity index (χ0n) is 15.2. The molecule has 7 nitrogen and oxygen atoms in total. The predicted octanol–water partition coefficient (Wildman–Crippen LogP) is 1.18. The number of H-pyrrole nitrogens is 1. The fourth-order valence-electron chi connectivity index (χ4n) is 3.18. The Morgan fingerprint density at radius 2 is 1.77 bits per heavy atom. The molecule has 0 aliphatic carbocycles. The number of benzene rings is 1. The van der Waals surface area contributed by atoms with Crippen molar-refractivity contribution < 1.29 is 9.59 Å². The standard InChI is InChI=1S/C19H24N4O3/c1-13(2)19(26)23-11-9-22(10-12-23)17(24)8-7-16-20-15-6-4-3-5-14(15)18(25)21-16/h3-6,13H,7-12H2,1-2H3,(H,20,21,25). The van der Waals surface area contributed by atoms with Gasteiger partial charge in [-0.05, 0) is 12.1 Å². The lowest BCUT2D eigenvalue weighted by Crippen LogP contribution is -2.51. The van der Waals surface area contributed by atoms with E-state index < -0.39 is 0 Å². The van der Waals surface area contributed by atoms with E-state index in [9.17, 15) is 14.4 Å². The van der Waals surface area contributed by atoms with Crippen LogP contribution in [0.5, 0.6) is 0 Å². The summed E-state index contributed by atoms with van der Waals surface area (Å²) in [5.74, 6) is 0.663. The second-order valence-corrected chi connectivity index (χ2v) is 6.89. The molecule has 0 bridgehead atoms. The van der Waals surface area contributed by atoms with E-state index in [1.165, 1.54) is 0 Å². The van der Waals surface area contributed by atoms with Gasteiger partial charge in [-0.1, -0.05) is 26.0 Å². The zero-order valence-corrected chi connectivity index (χ0v) is 15.2. The number of aromatic nitrogens is 2. The van der Waals surface area contributed by atoms with Gasteiger partial charge in [0.05, 0.1) is 10.9 Å². The fraction of sp³-hybridized carbons (Fsp3) is 0.474. The maximum absolute atomic E-state index is 12.4. The van der Waals surface area contributed by atoms with Crippen LogP contribution < -0.4 is 5.56 Å². The lowest BCUT2D eigenvalue weighted by molar-refractivity contribution is -0.141. The first-order chi connectivity index (χ1) is 12.5. The van der Waals surface area contributed by atoms with E-state index in [0.29, 0.717) is 55.7 Å². The highest BCUT2D eigenvalue weighted by Crippen LogP contribution is 2.10. The molecule has 1 N–H and O–H groups in total. The highest BCUT2D eigenvalue weighted by atomic mass is 16.2. The Balaban J connectivity index is 1.57. The minimum atomic E-state index is -0.182. The van der Waals surface area contributed by atoms with Gasteiger partial charge in [0.25, 0.3) is 5.56 Å². The molecule has 7 heteroatoms. The van der Waals surface area contributed by atoms with Gasteiger partial charge in [-0.3, -0.25) is 14.4 Å². The van der Waals surface area contributed by atoms with Gasteiger partial charge in [0, 0.05) is 44.9 Å². The number of rotatable bonds is 4. The molecule has 0 radical (unpaired) electrons. The van der Waals surface area contributed by atoms with E-state index in [1.54, 1.807) is 23.1 Å². The molecule has 2 amide bonds. The summed E-state index contributed by atoms with van der Waals surface area (Å²) in [6.45, 7) is 6.04. The lowest BCUT2D eigenvalue weighted by atomic mass is 10.1. The SMILES string of the molecule is CC(C)C(=O)N1CCN(C(=O)CCc2nc3ccccc3c(=O)[nH]2)CC1.